The second-order valence-corrected chi connectivity index (χ2v) is 4.54. The lowest BCUT2D eigenvalue weighted by atomic mass is 10.1. The van der Waals surface area contributed by atoms with E-state index in [1.807, 2.05) is 18.7 Å². The Labute approximate surface area is 122 Å². The first kappa shape index (κ1) is 14.6. The Morgan fingerprint density at radius 2 is 2.05 bits per heavy atom. The molecule has 2 aromatic rings. The highest BCUT2D eigenvalue weighted by molar-refractivity contribution is 5.70. The third-order valence-electron chi connectivity index (χ3n) is 3.36. The number of hydrogen-bond donors (Lipinski definition) is 1. The van der Waals surface area contributed by atoms with Crippen LogP contribution >= 0.6 is 0 Å². The van der Waals surface area contributed by atoms with Crippen LogP contribution < -0.4 is 4.90 Å². The van der Waals surface area contributed by atoms with Gasteiger partial charge in [0.1, 0.15) is 11.9 Å². The summed E-state index contributed by atoms with van der Waals surface area (Å²) in [4.78, 5) is 15.7. The van der Waals surface area contributed by atoms with E-state index in [-0.39, 0.29) is 5.69 Å². The van der Waals surface area contributed by atoms with Crippen molar-refractivity contribution >= 4 is 11.5 Å². The van der Waals surface area contributed by atoms with Crippen LogP contribution in [0.5, 0.6) is 0 Å². The molecule has 0 aliphatic carbocycles. The van der Waals surface area contributed by atoms with Crippen molar-refractivity contribution in [1.29, 1.82) is 5.26 Å². The average molecular weight is 284 g/mol. The van der Waals surface area contributed by atoms with Gasteiger partial charge in [0.25, 0.3) is 5.69 Å². The van der Waals surface area contributed by atoms with Crippen molar-refractivity contribution in [2.45, 2.75) is 13.8 Å². The highest BCUT2D eigenvalue weighted by Crippen LogP contribution is 2.29. The number of nitro groups is 1. The third-order valence-corrected chi connectivity index (χ3v) is 3.36. The number of nitrogens with one attached hydrogen (secondary N) is 1. The summed E-state index contributed by atoms with van der Waals surface area (Å²) in [5.41, 5.74) is 1.97. The van der Waals surface area contributed by atoms with Crippen LogP contribution in [-0.2, 0) is 0 Å². The predicted octanol–water partition coefficient (Wildman–Crippen LogP) is 3.31. The van der Waals surface area contributed by atoms with E-state index in [2.05, 4.69) is 11.1 Å². The zero-order chi connectivity index (χ0) is 15.4. The SMILES string of the molecule is CCN(CC)c1[nH]c(-c2cccc([N+](=O)[O-])c2)cc1C#N. The number of anilines is 1. The lowest BCUT2D eigenvalue weighted by molar-refractivity contribution is -0.384. The molecule has 0 fully saturated rings. The molecule has 0 atom stereocenters. The molecule has 0 radical (unpaired) electrons. The number of nitro benzene ring substituents is 1. The molecule has 1 N–H and O–H groups in total. The van der Waals surface area contributed by atoms with E-state index in [1.54, 1.807) is 18.2 Å². The van der Waals surface area contributed by atoms with Crippen LogP contribution in [-0.4, -0.2) is 23.0 Å². The number of nitriles is 1. The lowest BCUT2D eigenvalue weighted by Gasteiger charge is -2.19. The molecule has 21 heavy (non-hydrogen) atoms. The van der Waals surface area contributed by atoms with Gasteiger partial charge in [-0.1, -0.05) is 12.1 Å². The number of aromatic amines is 1. The Balaban J connectivity index is 2.48. The molecule has 1 aromatic heterocycles. The van der Waals surface area contributed by atoms with Crippen molar-refractivity contribution < 1.29 is 4.92 Å². The van der Waals surface area contributed by atoms with Crippen LogP contribution in [0.1, 0.15) is 19.4 Å². The molecule has 6 heteroatoms. The van der Waals surface area contributed by atoms with E-state index in [9.17, 15) is 15.4 Å². The number of rotatable bonds is 5. The number of nitrogens with zero attached hydrogens (tertiary/aromatic N) is 3. The van der Waals surface area contributed by atoms with E-state index in [4.69, 9.17) is 0 Å². The Hall–Kier alpha value is -2.81. The maximum Gasteiger partial charge on any atom is 0.270 e. The van der Waals surface area contributed by atoms with Crippen LogP contribution in [0.25, 0.3) is 11.3 Å². The molecule has 0 bridgehead atoms. The molecule has 108 valence electrons. The van der Waals surface area contributed by atoms with Crippen molar-refractivity contribution in [1.82, 2.24) is 4.98 Å². The molecule has 0 unspecified atom stereocenters. The second kappa shape index (κ2) is 6.09. The van der Waals surface area contributed by atoms with Gasteiger partial charge >= 0.3 is 0 Å². The minimum Gasteiger partial charge on any atom is -0.358 e. The molecule has 1 heterocycles. The molecular weight excluding hydrogens is 268 g/mol. The molecule has 6 nitrogen and oxygen atoms in total. The zero-order valence-corrected chi connectivity index (χ0v) is 12.0. The summed E-state index contributed by atoms with van der Waals surface area (Å²) < 4.78 is 0. The van der Waals surface area contributed by atoms with E-state index in [0.717, 1.165) is 18.9 Å². The van der Waals surface area contributed by atoms with Crippen molar-refractivity contribution in [3.63, 3.8) is 0 Å². The minimum absolute atomic E-state index is 0.0324. The van der Waals surface area contributed by atoms with Crippen LogP contribution in [0.15, 0.2) is 30.3 Å². The molecule has 2 rings (SSSR count). The fourth-order valence-corrected chi connectivity index (χ4v) is 2.26. The normalized spacial score (nSPS) is 10.1. The van der Waals surface area contributed by atoms with Gasteiger partial charge in [0.05, 0.1) is 10.5 Å². The van der Waals surface area contributed by atoms with E-state index in [0.29, 0.717) is 16.8 Å². The minimum atomic E-state index is -0.428. The van der Waals surface area contributed by atoms with Crippen molar-refractivity contribution in [3.8, 4) is 17.3 Å². The quantitative estimate of drug-likeness (QED) is 0.674. The van der Waals surface area contributed by atoms with Gasteiger partial charge in [-0.05, 0) is 19.9 Å². The van der Waals surface area contributed by atoms with Gasteiger partial charge in [-0.2, -0.15) is 5.26 Å². The first-order chi connectivity index (χ1) is 10.1. The molecule has 0 amide bonds. The van der Waals surface area contributed by atoms with E-state index in [1.165, 1.54) is 12.1 Å². The van der Waals surface area contributed by atoms with Gasteiger partial charge in [-0.15, -0.1) is 0 Å². The Morgan fingerprint density at radius 3 is 2.62 bits per heavy atom. The number of H-pyrrole nitrogens is 1. The standard InChI is InChI=1S/C15H16N4O2/c1-3-18(4-2)15-12(10-16)9-14(17-15)11-6-5-7-13(8-11)19(20)21/h5-9,17H,3-4H2,1-2H3. The molecule has 0 aliphatic heterocycles. The van der Waals surface area contributed by atoms with E-state index < -0.39 is 4.92 Å². The summed E-state index contributed by atoms with van der Waals surface area (Å²) in [5.74, 6) is 0.754. The average Bonchev–Trinajstić information content (AvgIpc) is 2.93. The summed E-state index contributed by atoms with van der Waals surface area (Å²) in [5, 5.41) is 20.1. The first-order valence-corrected chi connectivity index (χ1v) is 6.73. The van der Waals surface area contributed by atoms with Crippen molar-refractivity contribution in [3.05, 3.63) is 46.0 Å². The van der Waals surface area contributed by atoms with E-state index >= 15 is 0 Å². The van der Waals surface area contributed by atoms with Gasteiger partial charge in [0.2, 0.25) is 0 Å². The second-order valence-electron chi connectivity index (χ2n) is 4.54. The molecule has 0 saturated heterocycles. The van der Waals surface area contributed by atoms with Crippen LogP contribution in [0, 0.1) is 21.4 Å². The van der Waals surface area contributed by atoms with Crippen molar-refractivity contribution in [2.75, 3.05) is 18.0 Å². The van der Waals surface area contributed by atoms with Gasteiger partial charge in [0.15, 0.2) is 0 Å². The molecule has 0 aliphatic rings. The highest BCUT2D eigenvalue weighted by Gasteiger charge is 2.15. The summed E-state index contributed by atoms with van der Waals surface area (Å²) in [7, 11) is 0. The Kier molecular flexibility index (Phi) is 4.24. The fourth-order valence-electron chi connectivity index (χ4n) is 2.26. The van der Waals surface area contributed by atoms with Crippen LogP contribution in [0.4, 0.5) is 11.5 Å². The van der Waals surface area contributed by atoms with Gasteiger partial charge in [-0.25, -0.2) is 0 Å². The molecule has 0 saturated carbocycles. The van der Waals surface area contributed by atoms with Gasteiger partial charge in [-0.3, -0.25) is 10.1 Å². The number of benzene rings is 1. The maximum atomic E-state index is 10.8. The number of hydrogen-bond acceptors (Lipinski definition) is 4. The molecule has 0 spiro atoms. The molecular formula is C15H16N4O2. The Bertz CT molecular complexity index is 696. The summed E-state index contributed by atoms with van der Waals surface area (Å²) in [6.45, 7) is 5.58. The summed E-state index contributed by atoms with van der Waals surface area (Å²) in [6, 6.07) is 10.3. The lowest BCUT2D eigenvalue weighted by Crippen LogP contribution is -2.22. The highest BCUT2D eigenvalue weighted by atomic mass is 16.6. The fraction of sp³-hybridized carbons (Fsp3) is 0.267. The third kappa shape index (κ3) is 2.87. The maximum absolute atomic E-state index is 10.8. The van der Waals surface area contributed by atoms with Gasteiger partial charge < -0.3 is 9.88 Å². The van der Waals surface area contributed by atoms with Crippen molar-refractivity contribution in [2.24, 2.45) is 0 Å². The summed E-state index contributed by atoms with van der Waals surface area (Å²) >= 11 is 0. The Morgan fingerprint density at radius 1 is 1.33 bits per heavy atom. The predicted molar refractivity (Wildman–Crippen MR) is 81.2 cm³/mol. The first-order valence-electron chi connectivity index (χ1n) is 6.73. The molecule has 1 aromatic carbocycles. The number of aromatic nitrogens is 1. The smallest absolute Gasteiger partial charge is 0.270 e. The van der Waals surface area contributed by atoms with Gasteiger partial charge in [0, 0.05) is 36.5 Å². The number of non-ortho nitro benzene ring substituents is 1. The topological polar surface area (TPSA) is 86.0 Å². The monoisotopic (exact) mass is 284 g/mol. The van der Waals surface area contributed by atoms with Crippen LogP contribution in [0.2, 0.25) is 0 Å². The summed E-state index contributed by atoms with van der Waals surface area (Å²) in [6.07, 6.45) is 0. The van der Waals surface area contributed by atoms with Crippen LogP contribution in [0.3, 0.4) is 0 Å². The zero-order valence-electron chi connectivity index (χ0n) is 12.0. The largest absolute Gasteiger partial charge is 0.358 e.